The fraction of sp³-hybridized carbons (Fsp3) is 0.333. The average Bonchev–Trinajstić information content (AvgIpc) is 3.18. The molecule has 0 fully saturated rings. The van der Waals surface area contributed by atoms with Gasteiger partial charge in [0, 0.05) is 57.0 Å². The molecule has 2 aliphatic heterocycles. The molecule has 61 heavy (non-hydrogen) atoms. The van der Waals surface area contributed by atoms with E-state index >= 15 is 0 Å². The molecule has 0 saturated heterocycles. The van der Waals surface area contributed by atoms with Gasteiger partial charge in [-0.25, -0.2) is 4.79 Å². The van der Waals surface area contributed by atoms with Crippen LogP contribution in [-0.2, 0) is 54.0 Å². The van der Waals surface area contributed by atoms with E-state index < -0.39 is 29.4 Å². The zero-order chi connectivity index (χ0) is 42.5. The first kappa shape index (κ1) is 48.9. The van der Waals surface area contributed by atoms with Crippen molar-refractivity contribution in [2.24, 2.45) is 0 Å². The number of hydrogen-bond acceptors (Lipinski definition) is 7. The average molecular weight is 963 g/mol. The summed E-state index contributed by atoms with van der Waals surface area (Å²) in [5.41, 5.74) is 12.7. The van der Waals surface area contributed by atoms with E-state index in [1.54, 1.807) is 0 Å². The van der Waals surface area contributed by atoms with Gasteiger partial charge in [0.15, 0.2) is 5.78 Å². The van der Waals surface area contributed by atoms with Gasteiger partial charge in [0.1, 0.15) is 11.5 Å². The molecule has 2 atom stereocenters. The molecular weight excluding hydrogens is 918 g/mol. The number of halogens is 7. The topological polar surface area (TPSA) is 139 Å². The number of carboxylic acids is 1. The Balaban J connectivity index is 0.000000219. The number of aliphatic hydroxyl groups is 2. The lowest BCUT2D eigenvalue weighted by Gasteiger charge is -2.23. The van der Waals surface area contributed by atoms with Gasteiger partial charge in [-0.2, -0.15) is 26.3 Å². The Labute approximate surface area is 368 Å². The number of benzene rings is 4. The number of aliphatic hydroxyl groups excluding tert-OH is 2. The number of carboxylic acid groups (broad SMARTS) is 1. The number of rotatable bonds is 4. The number of nitrogens with two attached hydrogens (primary N) is 1. The molecule has 8 nitrogen and oxygen atoms in total. The Morgan fingerprint density at radius 2 is 1.16 bits per heavy atom. The van der Waals surface area contributed by atoms with E-state index in [1.165, 1.54) is 29.3 Å². The summed E-state index contributed by atoms with van der Waals surface area (Å²) in [5.74, 6) is -1.01. The monoisotopic (exact) mass is 962 g/mol. The van der Waals surface area contributed by atoms with Crippen LogP contribution in [0.1, 0.15) is 75.8 Å². The summed E-state index contributed by atoms with van der Waals surface area (Å²) in [7, 11) is 0. The molecule has 0 unspecified atom stereocenters. The first-order chi connectivity index (χ1) is 28.0. The quantitative estimate of drug-likeness (QED) is 0.0524. The van der Waals surface area contributed by atoms with Crippen molar-refractivity contribution in [1.29, 1.82) is 0 Å². The number of allylic oxidation sites excluding steroid dienone is 1. The molecule has 3 radical (unpaired) electrons. The van der Waals surface area contributed by atoms with Crippen molar-refractivity contribution in [3.8, 4) is 11.5 Å². The van der Waals surface area contributed by atoms with Gasteiger partial charge >= 0.3 is 18.3 Å². The van der Waals surface area contributed by atoms with Gasteiger partial charge < -0.3 is 30.5 Å². The van der Waals surface area contributed by atoms with Gasteiger partial charge in [-0.1, -0.05) is 42.5 Å². The molecular formula is C45H44BF6INO7. The summed E-state index contributed by atoms with van der Waals surface area (Å²) in [4.78, 5) is 23.3. The van der Waals surface area contributed by atoms with E-state index in [1.807, 2.05) is 30.3 Å². The lowest BCUT2D eigenvalue weighted by molar-refractivity contribution is -0.138. The number of aliphatic carboxylic acids is 1. The van der Waals surface area contributed by atoms with Crippen molar-refractivity contribution >= 4 is 61.0 Å². The third-order valence-corrected chi connectivity index (χ3v) is 10.6. The molecule has 0 saturated carbocycles. The molecule has 0 aromatic heterocycles. The summed E-state index contributed by atoms with van der Waals surface area (Å²) < 4.78 is 86.8. The van der Waals surface area contributed by atoms with Crippen LogP contribution in [0, 0.1) is 0 Å². The second kappa shape index (κ2) is 20.8. The van der Waals surface area contributed by atoms with Gasteiger partial charge in [-0.05, 0) is 107 Å². The van der Waals surface area contributed by atoms with Crippen LogP contribution >= 0.6 is 24.0 Å². The highest BCUT2D eigenvalue weighted by atomic mass is 127. The van der Waals surface area contributed by atoms with Crippen molar-refractivity contribution < 1.29 is 60.7 Å². The Morgan fingerprint density at radius 1 is 0.689 bits per heavy atom. The maximum absolute atomic E-state index is 12.9. The summed E-state index contributed by atoms with van der Waals surface area (Å²) in [6.45, 7) is 0.410. The van der Waals surface area contributed by atoms with E-state index in [0.717, 1.165) is 84.8 Å². The van der Waals surface area contributed by atoms with Crippen molar-refractivity contribution in [2.45, 2.75) is 82.3 Å². The summed E-state index contributed by atoms with van der Waals surface area (Å²) in [6.07, 6.45) is -1.27. The third kappa shape index (κ3) is 12.6. The summed E-state index contributed by atoms with van der Waals surface area (Å²) >= 11 is 0. The predicted molar refractivity (Wildman–Crippen MR) is 230 cm³/mol. The maximum atomic E-state index is 12.9. The van der Waals surface area contributed by atoms with Crippen LogP contribution in [0.15, 0.2) is 84.9 Å². The molecule has 2 heterocycles. The van der Waals surface area contributed by atoms with Crippen LogP contribution in [0.2, 0.25) is 0 Å². The van der Waals surface area contributed by atoms with Crippen LogP contribution in [0.4, 0.5) is 32.0 Å². The smallest absolute Gasteiger partial charge is 0.416 e. The number of anilines is 1. The summed E-state index contributed by atoms with van der Waals surface area (Å²) in [5, 5.41) is 28.1. The Morgan fingerprint density at radius 3 is 1.67 bits per heavy atom. The van der Waals surface area contributed by atoms with E-state index in [4.69, 9.17) is 20.3 Å². The van der Waals surface area contributed by atoms with Gasteiger partial charge in [-0.15, -0.1) is 24.0 Å². The molecule has 0 spiro atoms. The van der Waals surface area contributed by atoms with Crippen molar-refractivity contribution in [3.05, 3.63) is 135 Å². The largest absolute Gasteiger partial charge is 0.493 e. The number of carbonyl (C=O) groups is 2. The van der Waals surface area contributed by atoms with Crippen LogP contribution in [-0.4, -0.2) is 60.9 Å². The molecule has 0 bridgehead atoms. The first-order valence-electron chi connectivity index (χ1n) is 19.1. The van der Waals surface area contributed by atoms with Crippen molar-refractivity contribution in [3.63, 3.8) is 0 Å². The number of nitrogen functional groups attached to an aromatic ring is 1. The first-order valence-corrected chi connectivity index (χ1v) is 19.1. The van der Waals surface area contributed by atoms with E-state index in [9.17, 15) is 46.1 Å². The van der Waals surface area contributed by atoms with Crippen molar-refractivity contribution in [2.75, 3.05) is 18.9 Å². The van der Waals surface area contributed by atoms with E-state index in [-0.39, 0.29) is 81.5 Å². The molecule has 2 aliphatic carbocycles. The van der Waals surface area contributed by atoms with Gasteiger partial charge in [0.25, 0.3) is 0 Å². The third-order valence-electron chi connectivity index (χ3n) is 10.6. The Hall–Kier alpha value is -4.81. The van der Waals surface area contributed by atoms with Crippen LogP contribution in [0.5, 0.6) is 11.5 Å². The minimum Gasteiger partial charge on any atom is -0.493 e. The minimum atomic E-state index is -4.44. The zero-order valence-corrected chi connectivity index (χ0v) is 35.2. The number of carbonyl (C=O) groups excluding carboxylic acids is 1. The molecule has 0 amide bonds. The highest BCUT2D eigenvalue weighted by Gasteiger charge is 2.33. The van der Waals surface area contributed by atoms with Gasteiger partial charge in [-0.3, -0.25) is 4.79 Å². The van der Waals surface area contributed by atoms with Crippen LogP contribution in [0.3, 0.4) is 0 Å². The van der Waals surface area contributed by atoms with Crippen molar-refractivity contribution in [1.82, 2.24) is 0 Å². The molecule has 4 aliphatic rings. The number of hydrogen-bond donors (Lipinski definition) is 4. The van der Waals surface area contributed by atoms with Gasteiger partial charge in [0.2, 0.25) is 0 Å². The van der Waals surface area contributed by atoms with Gasteiger partial charge in [0.05, 0.1) is 36.5 Å². The number of fused-ring (bicyclic) bond motifs is 4. The Bertz CT molecular complexity index is 2280. The molecule has 4 aromatic carbocycles. The normalized spacial score (nSPS) is 18.9. The maximum Gasteiger partial charge on any atom is 0.416 e. The number of ketones is 1. The second-order valence-electron chi connectivity index (χ2n) is 14.8. The van der Waals surface area contributed by atoms with E-state index in [0.29, 0.717) is 41.5 Å². The molecule has 323 valence electrons. The highest BCUT2D eigenvalue weighted by Crippen LogP contribution is 2.40. The summed E-state index contributed by atoms with van der Waals surface area (Å²) in [6, 6.07) is 18.3. The number of ether oxygens (including phenoxy) is 2. The highest BCUT2D eigenvalue weighted by molar-refractivity contribution is 14.0. The predicted octanol–water partition coefficient (Wildman–Crippen LogP) is 8.84. The van der Waals surface area contributed by atoms with Crippen LogP contribution in [0.25, 0.3) is 11.1 Å². The lowest BCUT2D eigenvalue weighted by Crippen LogP contribution is -2.20. The molecule has 16 heteroatoms. The number of alkyl halides is 6. The standard InChI is InChI=1S/C23H21F3O3.C12H9F3O3.C10H13NO.B.HI/c24-23(25,26)17-5-7-20-16(8-9-29-22(20)12-17)11-19(28)10-15-3-1-2-14-4-6-18(27)13-21(14)15;13-12(14,15)8-1-2-9-7(5-11(16)17)3-4-18-10(9)6-8;11-10-3-1-2-7-4-5-8(12)6-9(7)10;;/h1-3,5,7,11-12,18,27H,4,6,8-10,13H2;1-2,5-6H,3-4H2,(H,16,17);1-3,8,12H,4-6,11H2;;1H/b16-11+;7-5+;;;/t18-;;8-;;/m1.1../s1. The minimum absolute atomic E-state index is 0. The lowest BCUT2D eigenvalue weighted by atomic mass is 9.85. The molecule has 5 N–H and O–H groups in total. The fourth-order valence-corrected chi connectivity index (χ4v) is 7.67. The van der Waals surface area contributed by atoms with E-state index in [2.05, 4.69) is 6.07 Å². The SMILES string of the molecule is I.Nc1cccc2c1C[C@H](O)CC2.O=C(/C=C1\CCOc2cc(C(F)(F)F)ccc21)Cc1cccc2c1C[C@H](O)CC2.O=C(O)/C=C1\CCOc2cc(C(F)(F)F)ccc21.[B]. The molecule has 8 rings (SSSR count). The fourth-order valence-electron chi connectivity index (χ4n) is 7.67. The van der Waals surface area contributed by atoms with Crippen LogP contribution < -0.4 is 15.2 Å². The molecule has 4 aromatic rings. The Kier molecular flexibility index (Phi) is 16.7. The number of aryl methyl sites for hydroxylation is 2. The second-order valence-corrected chi connectivity index (χ2v) is 14.8. The zero-order valence-electron chi connectivity index (χ0n) is 32.8.